The number of fused-ring (bicyclic) bond motifs is 10. The molecule has 12 aromatic carbocycles. The lowest BCUT2D eigenvalue weighted by atomic mass is 9.80. The second-order valence-corrected chi connectivity index (χ2v) is 21.7. The second kappa shape index (κ2) is 17.7. The molecular formula is C74H56N2. The van der Waals surface area contributed by atoms with Gasteiger partial charge in [0.25, 0.3) is 0 Å². The second-order valence-electron chi connectivity index (χ2n) is 21.7. The van der Waals surface area contributed by atoms with Crippen LogP contribution >= 0.6 is 0 Å². The number of hydrogen-bond acceptors (Lipinski definition) is 2. The van der Waals surface area contributed by atoms with Gasteiger partial charge in [0.1, 0.15) is 0 Å². The summed E-state index contributed by atoms with van der Waals surface area (Å²) in [5, 5.41) is 5.23. The molecule has 2 aliphatic carbocycles. The molecule has 0 aromatic heterocycles. The van der Waals surface area contributed by atoms with Gasteiger partial charge in [-0.05, 0) is 172 Å². The summed E-state index contributed by atoms with van der Waals surface area (Å²) >= 11 is 0. The van der Waals surface area contributed by atoms with Crippen molar-refractivity contribution in [3.63, 3.8) is 0 Å². The first-order chi connectivity index (χ1) is 37.2. The fourth-order valence-corrected chi connectivity index (χ4v) is 12.8. The van der Waals surface area contributed by atoms with E-state index in [1.54, 1.807) is 0 Å². The Morgan fingerprint density at radius 1 is 0.237 bits per heavy atom. The molecule has 2 heteroatoms. The maximum Gasteiger partial charge on any atom is 0.0465 e. The smallest absolute Gasteiger partial charge is 0.0465 e. The maximum atomic E-state index is 2.44. The SMILES string of the molecule is CC1(C)c2cc(N(c3ccc(-c4ccccc4)cc3)c3ccc(-c4ccc(N(c5ccc(-c6ccccc6)cc5)c5ccc6c(c5)C(C)(C)c5c-6ccc6ccccc56)cc4)cc3)ccc2-c2ccc3ccccc3c21. The van der Waals surface area contributed by atoms with Gasteiger partial charge in [-0.1, -0.05) is 222 Å². The zero-order valence-corrected chi connectivity index (χ0v) is 43.3. The number of nitrogens with zero attached hydrogens (tertiary/aromatic N) is 2. The van der Waals surface area contributed by atoms with Crippen molar-refractivity contribution in [1.29, 1.82) is 0 Å². The zero-order valence-electron chi connectivity index (χ0n) is 43.3. The van der Waals surface area contributed by atoms with Crippen LogP contribution in [0.2, 0.25) is 0 Å². The quantitative estimate of drug-likeness (QED) is 0.142. The standard InChI is InChI=1S/C74H56N2/c1-73(2)69-47-61(41-45-65(69)67-43-31-55-19-11-13-21-63(55)71(67)73)75(57-33-23-51(24-34-57)49-15-7-5-8-16-49)59-37-27-53(28-38-59)54-29-39-60(40-30-54)76(58-35-25-52(26-36-58)50-17-9-6-10-18-50)62-42-46-66-68-44-32-56-20-12-14-22-64(56)72(68)74(3,4)70(66)48-62/h5-48H,1-4H3. The van der Waals surface area contributed by atoms with Gasteiger partial charge in [-0.2, -0.15) is 0 Å². The highest BCUT2D eigenvalue weighted by molar-refractivity contribution is 6.00. The lowest BCUT2D eigenvalue weighted by Gasteiger charge is -2.29. The van der Waals surface area contributed by atoms with Gasteiger partial charge in [0, 0.05) is 45.0 Å². The van der Waals surface area contributed by atoms with Crippen molar-refractivity contribution >= 4 is 55.7 Å². The predicted molar refractivity (Wildman–Crippen MR) is 322 cm³/mol. The van der Waals surface area contributed by atoms with Gasteiger partial charge in [0.2, 0.25) is 0 Å². The monoisotopic (exact) mass is 972 g/mol. The molecule has 0 spiro atoms. The predicted octanol–water partition coefficient (Wildman–Crippen LogP) is 20.5. The molecule has 12 aromatic rings. The van der Waals surface area contributed by atoms with Crippen LogP contribution in [0.5, 0.6) is 0 Å². The van der Waals surface area contributed by atoms with E-state index in [2.05, 4.69) is 304 Å². The third-order valence-corrected chi connectivity index (χ3v) is 16.6. The van der Waals surface area contributed by atoms with Crippen molar-refractivity contribution in [1.82, 2.24) is 0 Å². The molecule has 2 nitrogen and oxygen atoms in total. The van der Waals surface area contributed by atoms with Crippen molar-refractivity contribution in [2.75, 3.05) is 9.80 Å². The third kappa shape index (κ3) is 7.39. The summed E-state index contributed by atoms with van der Waals surface area (Å²) in [4.78, 5) is 4.83. The first-order valence-electron chi connectivity index (χ1n) is 26.7. The summed E-state index contributed by atoms with van der Waals surface area (Å²) in [5.41, 5.74) is 24.3. The Labute approximate surface area is 446 Å². The Kier molecular flexibility index (Phi) is 10.6. The summed E-state index contributed by atoms with van der Waals surface area (Å²) in [7, 11) is 0. The highest BCUT2D eigenvalue weighted by Gasteiger charge is 2.39. The third-order valence-electron chi connectivity index (χ3n) is 16.6. The Morgan fingerprint density at radius 3 is 0.855 bits per heavy atom. The van der Waals surface area contributed by atoms with E-state index in [1.807, 2.05) is 0 Å². The van der Waals surface area contributed by atoms with E-state index in [9.17, 15) is 0 Å². The van der Waals surface area contributed by atoms with E-state index in [0.29, 0.717) is 0 Å². The molecule has 76 heavy (non-hydrogen) atoms. The average molecular weight is 973 g/mol. The fourth-order valence-electron chi connectivity index (χ4n) is 12.8. The summed E-state index contributed by atoms with van der Waals surface area (Å²) in [5.74, 6) is 0. The van der Waals surface area contributed by atoms with E-state index >= 15 is 0 Å². The van der Waals surface area contributed by atoms with Crippen molar-refractivity contribution in [3.8, 4) is 55.6 Å². The number of anilines is 6. The van der Waals surface area contributed by atoms with Crippen LogP contribution in [0.25, 0.3) is 77.2 Å². The van der Waals surface area contributed by atoms with Gasteiger partial charge in [0.15, 0.2) is 0 Å². The average Bonchev–Trinajstić information content (AvgIpc) is 3.86. The van der Waals surface area contributed by atoms with E-state index in [1.165, 1.54) is 88.3 Å². The first kappa shape index (κ1) is 45.4. The van der Waals surface area contributed by atoms with Gasteiger partial charge >= 0.3 is 0 Å². The number of hydrogen-bond donors (Lipinski definition) is 0. The lowest BCUT2D eigenvalue weighted by molar-refractivity contribution is 0.666. The molecule has 0 heterocycles. The molecule has 14 rings (SSSR count). The Balaban J connectivity index is 0.824. The Morgan fingerprint density at radius 2 is 0.513 bits per heavy atom. The molecule has 0 bridgehead atoms. The van der Waals surface area contributed by atoms with Crippen molar-refractivity contribution in [2.45, 2.75) is 38.5 Å². The first-order valence-corrected chi connectivity index (χ1v) is 26.7. The molecule has 0 N–H and O–H groups in total. The molecule has 0 saturated carbocycles. The van der Waals surface area contributed by atoms with Gasteiger partial charge in [-0.3, -0.25) is 0 Å². The molecule has 0 unspecified atom stereocenters. The van der Waals surface area contributed by atoms with Crippen molar-refractivity contribution in [3.05, 3.63) is 289 Å². The number of rotatable bonds is 9. The minimum Gasteiger partial charge on any atom is -0.310 e. The summed E-state index contributed by atoms with van der Waals surface area (Å²) in [6.07, 6.45) is 0. The molecule has 0 aliphatic heterocycles. The van der Waals surface area contributed by atoms with Crippen LogP contribution < -0.4 is 9.80 Å². The van der Waals surface area contributed by atoms with Crippen LogP contribution in [-0.2, 0) is 10.8 Å². The summed E-state index contributed by atoms with van der Waals surface area (Å²) in [6.45, 7) is 9.56. The van der Waals surface area contributed by atoms with Gasteiger partial charge < -0.3 is 9.80 Å². The minimum atomic E-state index is -0.181. The Bertz CT molecular complexity index is 3900. The molecular weight excluding hydrogens is 917 g/mol. The largest absolute Gasteiger partial charge is 0.310 e. The normalized spacial score (nSPS) is 13.5. The lowest BCUT2D eigenvalue weighted by Crippen LogP contribution is -2.17. The van der Waals surface area contributed by atoms with Crippen LogP contribution in [0.15, 0.2) is 267 Å². The molecule has 0 fully saturated rings. The van der Waals surface area contributed by atoms with Crippen LogP contribution in [-0.4, -0.2) is 0 Å². The zero-order chi connectivity index (χ0) is 51.1. The van der Waals surface area contributed by atoms with Gasteiger partial charge in [-0.25, -0.2) is 0 Å². The van der Waals surface area contributed by atoms with E-state index < -0.39 is 0 Å². The molecule has 0 saturated heterocycles. The van der Waals surface area contributed by atoms with Gasteiger partial charge in [-0.15, -0.1) is 0 Å². The Hall–Kier alpha value is -9.24. The van der Waals surface area contributed by atoms with E-state index in [4.69, 9.17) is 0 Å². The van der Waals surface area contributed by atoms with Crippen molar-refractivity contribution in [2.24, 2.45) is 0 Å². The number of benzene rings is 12. The van der Waals surface area contributed by atoms with Crippen LogP contribution in [0.3, 0.4) is 0 Å². The van der Waals surface area contributed by atoms with Crippen LogP contribution in [0, 0.1) is 0 Å². The highest BCUT2D eigenvalue weighted by atomic mass is 15.1. The van der Waals surface area contributed by atoms with E-state index in [0.717, 1.165) is 45.3 Å². The summed E-state index contributed by atoms with van der Waals surface area (Å²) in [6, 6.07) is 98.6. The molecule has 2 aliphatic rings. The van der Waals surface area contributed by atoms with Crippen molar-refractivity contribution < 1.29 is 0 Å². The molecule has 0 atom stereocenters. The fraction of sp³-hybridized carbons (Fsp3) is 0.0811. The highest BCUT2D eigenvalue weighted by Crippen LogP contribution is 2.55. The van der Waals surface area contributed by atoms with E-state index in [-0.39, 0.29) is 10.8 Å². The topological polar surface area (TPSA) is 6.48 Å². The van der Waals surface area contributed by atoms with Crippen LogP contribution in [0.1, 0.15) is 49.9 Å². The molecule has 0 amide bonds. The molecule has 362 valence electrons. The van der Waals surface area contributed by atoms with Crippen LogP contribution in [0.4, 0.5) is 34.1 Å². The molecule has 0 radical (unpaired) electrons. The minimum absolute atomic E-state index is 0.181. The maximum absolute atomic E-state index is 2.44. The van der Waals surface area contributed by atoms with Gasteiger partial charge in [0.05, 0.1) is 0 Å². The summed E-state index contributed by atoms with van der Waals surface area (Å²) < 4.78 is 0.